The van der Waals surface area contributed by atoms with E-state index in [0.29, 0.717) is 12.2 Å². The summed E-state index contributed by atoms with van der Waals surface area (Å²) < 4.78 is 17.0. The van der Waals surface area contributed by atoms with Crippen molar-refractivity contribution in [3.05, 3.63) is 40.5 Å². The lowest BCUT2D eigenvalue weighted by Gasteiger charge is -2.33. The van der Waals surface area contributed by atoms with Crippen molar-refractivity contribution in [1.82, 2.24) is 0 Å². The summed E-state index contributed by atoms with van der Waals surface area (Å²) in [7, 11) is 3.83. The molecule has 1 aliphatic carbocycles. The van der Waals surface area contributed by atoms with E-state index in [9.17, 15) is 4.79 Å². The molecule has 1 aromatic rings. The molecular weight excluding hydrogens is 414 g/mol. The third-order valence-corrected chi connectivity index (χ3v) is 7.06. The number of fused-ring (bicyclic) bond motifs is 2. The third-order valence-electron chi connectivity index (χ3n) is 7.06. The summed E-state index contributed by atoms with van der Waals surface area (Å²) in [6, 6.07) is 2.11. The number of ketones is 1. The van der Waals surface area contributed by atoms with Crippen LogP contribution in [0, 0.1) is 5.41 Å². The number of allylic oxidation sites excluding steroid dienone is 4. The van der Waals surface area contributed by atoms with E-state index in [4.69, 9.17) is 14.2 Å². The molecule has 0 radical (unpaired) electrons. The van der Waals surface area contributed by atoms with Crippen LogP contribution in [-0.4, -0.2) is 33.3 Å². The lowest BCUT2D eigenvalue weighted by Crippen LogP contribution is -3.10. The molecule has 0 amide bonds. The topological polar surface area (TPSA) is 49.2 Å². The van der Waals surface area contributed by atoms with Crippen molar-refractivity contribution in [3.8, 4) is 17.2 Å². The Morgan fingerprint density at radius 2 is 2.10 bits per heavy atom. The van der Waals surface area contributed by atoms with Crippen molar-refractivity contribution < 1.29 is 36.3 Å². The highest BCUT2D eigenvalue weighted by Crippen LogP contribution is 2.48. The average molecular weight is 448 g/mol. The van der Waals surface area contributed by atoms with Gasteiger partial charge in [0.25, 0.3) is 0 Å². The number of carbonyl (C=O) groups is 1. The molecule has 0 saturated heterocycles. The van der Waals surface area contributed by atoms with E-state index < -0.39 is 0 Å². The lowest BCUT2D eigenvalue weighted by molar-refractivity contribution is -0.914. The van der Waals surface area contributed by atoms with Crippen molar-refractivity contribution in [3.63, 3.8) is 0 Å². The maximum atomic E-state index is 13.0. The number of rotatable bonds is 5. The monoisotopic (exact) mass is 447 g/mol. The van der Waals surface area contributed by atoms with Crippen molar-refractivity contribution in [2.45, 2.75) is 58.9 Å². The summed E-state index contributed by atoms with van der Waals surface area (Å²) in [4.78, 5) is 14.4. The minimum atomic E-state index is 0. The second-order valence-electron chi connectivity index (χ2n) is 9.55. The zero-order chi connectivity index (χ0) is 21.5. The van der Waals surface area contributed by atoms with Gasteiger partial charge >= 0.3 is 0 Å². The van der Waals surface area contributed by atoms with Crippen LogP contribution in [0.4, 0.5) is 0 Å². The molecule has 2 atom stereocenters. The van der Waals surface area contributed by atoms with Crippen LogP contribution in [-0.2, 0) is 11.2 Å². The van der Waals surface area contributed by atoms with Gasteiger partial charge in [0.15, 0.2) is 17.3 Å². The fourth-order valence-electron chi connectivity index (χ4n) is 5.35. The lowest BCUT2D eigenvalue weighted by atomic mass is 9.72. The largest absolute Gasteiger partial charge is 1.00 e. The highest BCUT2D eigenvalue weighted by molar-refractivity contribution is 5.90. The molecule has 0 bridgehead atoms. The van der Waals surface area contributed by atoms with Crippen LogP contribution in [0.15, 0.2) is 29.4 Å². The molecule has 4 rings (SSSR count). The Balaban J connectivity index is 0.00000272. The number of ether oxygens (including phenoxy) is 3. The first kappa shape index (κ1) is 23.7. The minimum Gasteiger partial charge on any atom is -1.00 e. The zero-order valence-electron chi connectivity index (χ0n) is 19.3. The average Bonchev–Trinajstić information content (AvgIpc) is 3.16. The number of hydrogen-bond acceptors (Lipinski definition) is 4. The molecule has 1 aromatic carbocycles. The van der Waals surface area contributed by atoms with Gasteiger partial charge in [0, 0.05) is 6.42 Å². The summed E-state index contributed by atoms with van der Waals surface area (Å²) >= 11 is 0. The smallest absolute Gasteiger partial charge is 0.231 e. The molecule has 1 N–H and O–H groups in total. The molecule has 0 aromatic heterocycles. The number of nitrogens with one attached hydrogen (secondary N) is 1. The van der Waals surface area contributed by atoms with Gasteiger partial charge in [0.1, 0.15) is 6.04 Å². The van der Waals surface area contributed by atoms with E-state index in [1.807, 2.05) is 0 Å². The number of hydrogen-bond donors (Lipinski definition) is 1. The van der Waals surface area contributed by atoms with Crippen LogP contribution in [0.1, 0.15) is 63.6 Å². The summed E-state index contributed by atoms with van der Waals surface area (Å²) in [6.07, 6.45) is 8.80. The Labute approximate surface area is 191 Å². The van der Waals surface area contributed by atoms with E-state index in [1.54, 1.807) is 13.2 Å². The SMILES string of the molecule is COc1c2c(cc3c1C(CC(=O)/C=C/C1=C(C)CCCC1(C)C)[NH+](C)CC3)OCO2.[Cl-]. The van der Waals surface area contributed by atoms with Gasteiger partial charge in [-0.2, -0.15) is 0 Å². The van der Waals surface area contributed by atoms with Crippen LogP contribution >= 0.6 is 0 Å². The van der Waals surface area contributed by atoms with Gasteiger partial charge in [0.05, 0.1) is 32.7 Å². The van der Waals surface area contributed by atoms with Crippen LogP contribution < -0.4 is 31.5 Å². The van der Waals surface area contributed by atoms with Gasteiger partial charge in [-0.3, -0.25) is 4.79 Å². The van der Waals surface area contributed by atoms with E-state index in [0.717, 1.165) is 36.4 Å². The fourth-order valence-corrected chi connectivity index (χ4v) is 5.35. The highest BCUT2D eigenvalue weighted by Gasteiger charge is 2.37. The molecular formula is C25H34ClNO4. The molecule has 6 heteroatoms. The maximum absolute atomic E-state index is 13.0. The summed E-state index contributed by atoms with van der Waals surface area (Å²) in [6.45, 7) is 7.96. The molecule has 5 nitrogen and oxygen atoms in total. The molecule has 2 unspecified atom stereocenters. The molecule has 0 saturated carbocycles. The molecule has 3 aliphatic rings. The number of carbonyl (C=O) groups excluding carboxylic acids is 1. The quantitative estimate of drug-likeness (QED) is 0.671. The van der Waals surface area contributed by atoms with Gasteiger partial charge in [-0.1, -0.05) is 25.5 Å². The molecule has 2 heterocycles. The van der Waals surface area contributed by atoms with Gasteiger partial charge in [-0.15, -0.1) is 0 Å². The number of benzene rings is 1. The molecule has 0 spiro atoms. The second-order valence-corrected chi connectivity index (χ2v) is 9.55. The van der Waals surface area contributed by atoms with Crippen molar-refractivity contribution in [1.29, 1.82) is 0 Å². The Morgan fingerprint density at radius 1 is 1.32 bits per heavy atom. The fraction of sp³-hybridized carbons (Fsp3) is 0.560. The van der Waals surface area contributed by atoms with E-state index in [-0.39, 0.29) is 36.4 Å². The van der Waals surface area contributed by atoms with Gasteiger partial charge < -0.3 is 31.5 Å². The van der Waals surface area contributed by atoms with Gasteiger partial charge in [0.2, 0.25) is 12.5 Å². The first-order valence-electron chi connectivity index (χ1n) is 11.0. The van der Waals surface area contributed by atoms with Crippen LogP contribution in [0.2, 0.25) is 0 Å². The molecule has 31 heavy (non-hydrogen) atoms. The van der Waals surface area contributed by atoms with Crippen molar-refractivity contribution in [2.75, 3.05) is 27.5 Å². The standard InChI is InChI=1S/C25H33NO4.ClH/c1-16-7-6-11-25(2,3)19(16)9-8-18(27)14-20-22-17(10-12-26(20)4)13-21-23(24(22)28-5)30-15-29-21;/h8-9,13,20H,6-7,10-12,14-15H2,1-5H3;1H/b9-8+;. The Morgan fingerprint density at radius 3 is 2.81 bits per heavy atom. The van der Waals surface area contributed by atoms with Crippen LogP contribution in [0.5, 0.6) is 17.2 Å². The molecule has 0 fully saturated rings. The molecule has 170 valence electrons. The Kier molecular flexibility index (Phi) is 7.07. The Bertz CT molecular complexity index is 919. The predicted octanol–water partition coefficient (Wildman–Crippen LogP) is 0.582. The maximum Gasteiger partial charge on any atom is 0.231 e. The molecule has 2 aliphatic heterocycles. The second kappa shape index (κ2) is 9.25. The first-order chi connectivity index (χ1) is 14.3. The summed E-state index contributed by atoms with van der Waals surface area (Å²) in [5.74, 6) is 2.31. The van der Waals surface area contributed by atoms with Crippen molar-refractivity contribution >= 4 is 5.78 Å². The number of halogens is 1. The van der Waals surface area contributed by atoms with Crippen molar-refractivity contribution in [2.24, 2.45) is 5.41 Å². The number of likely N-dealkylation sites (N-methyl/N-ethyl adjacent to an activating group) is 1. The Hall–Kier alpha value is -1.98. The van der Waals surface area contributed by atoms with Gasteiger partial charge in [-0.25, -0.2) is 0 Å². The van der Waals surface area contributed by atoms with E-state index >= 15 is 0 Å². The van der Waals surface area contributed by atoms with Crippen LogP contribution in [0.3, 0.4) is 0 Å². The normalized spacial score (nSPS) is 24.0. The zero-order valence-corrected chi connectivity index (χ0v) is 20.0. The highest BCUT2D eigenvalue weighted by atomic mass is 35.5. The van der Waals surface area contributed by atoms with E-state index in [2.05, 4.69) is 40.0 Å². The summed E-state index contributed by atoms with van der Waals surface area (Å²) in [5.41, 5.74) is 5.18. The van der Waals surface area contributed by atoms with Crippen LogP contribution in [0.25, 0.3) is 0 Å². The predicted molar refractivity (Wildman–Crippen MR) is 116 cm³/mol. The summed E-state index contributed by atoms with van der Waals surface area (Å²) in [5, 5.41) is 0. The minimum absolute atomic E-state index is 0. The number of methoxy groups -OCH3 is 1. The van der Waals surface area contributed by atoms with E-state index in [1.165, 1.54) is 34.5 Å². The first-order valence-corrected chi connectivity index (χ1v) is 11.0. The third kappa shape index (κ3) is 4.49. The van der Waals surface area contributed by atoms with Gasteiger partial charge in [-0.05, 0) is 54.9 Å². The number of quaternary nitrogens is 1.